The van der Waals surface area contributed by atoms with E-state index in [4.69, 9.17) is 9.84 Å². The molecule has 0 aromatic heterocycles. The van der Waals surface area contributed by atoms with Gasteiger partial charge in [-0.15, -0.1) is 0 Å². The highest BCUT2D eigenvalue weighted by Crippen LogP contribution is 2.33. The Bertz CT molecular complexity index is 3260. The third-order valence-electron chi connectivity index (χ3n) is 10.2. The van der Waals surface area contributed by atoms with Crippen molar-refractivity contribution in [3.8, 4) is 23.7 Å². The number of anilines is 2. The molecule has 0 bridgehead atoms. The van der Waals surface area contributed by atoms with Crippen LogP contribution in [0.3, 0.4) is 0 Å². The number of aromatic carboxylic acids is 1. The summed E-state index contributed by atoms with van der Waals surface area (Å²) in [6.07, 6.45) is 1.06. The van der Waals surface area contributed by atoms with Gasteiger partial charge in [0.2, 0.25) is 0 Å². The first-order valence-corrected chi connectivity index (χ1v) is 23.9. The monoisotopic (exact) mass is 948 g/mol. The summed E-state index contributed by atoms with van der Waals surface area (Å²) in [6, 6.07) is 39.2. The summed E-state index contributed by atoms with van der Waals surface area (Å²) in [6.45, 7) is 4.91. The Kier molecular flexibility index (Phi) is 14.1. The van der Waals surface area contributed by atoms with E-state index in [0.717, 1.165) is 19.7 Å². The van der Waals surface area contributed by atoms with Gasteiger partial charge in [0.05, 0.1) is 35.6 Å². The summed E-state index contributed by atoms with van der Waals surface area (Å²) in [5, 5.41) is 14.2. The van der Waals surface area contributed by atoms with Gasteiger partial charge in [-0.3, -0.25) is 0 Å². The van der Waals surface area contributed by atoms with E-state index in [2.05, 4.69) is 34.3 Å². The van der Waals surface area contributed by atoms with Gasteiger partial charge in [-0.1, -0.05) is 109 Å². The van der Waals surface area contributed by atoms with Gasteiger partial charge in [-0.2, -0.15) is 0 Å². The summed E-state index contributed by atoms with van der Waals surface area (Å²) < 4.78 is 59.9. The van der Waals surface area contributed by atoms with Crippen LogP contribution in [0.2, 0.25) is 0 Å². The van der Waals surface area contributed by atoms with Crippen LogP contribution in [0.5, 0.6) is 0 Å². The van der Waals surface area contributed by atoms with Crippen LogP contribution in [0.25, 0.3) is 0 Å². The van der Waals surface area contributed by atoms with Crippen molar-refractivity contribution in [3.63, 3.8) is 0 Å². The summed E-state index contributed by atoms with van der Waals surface area (Å²) in [4.78, 5) is 48.3. The molecular formula is C52H44N4O10S2. The molecule has 2 aliphatic rings. The highest BCUT2D eigenvalue weighted by atomic mass is 32.2. The first-order chi connectivity index (χ1) is 32.4. The second kappa shape index (κ2) is 20.1. The predicted molar refractivity (Wildman–Crippen MR) is 255 cm³/mol. The number of sulfonamides is 2. The Morgan fingerprint density at radius 1 is 0.559 bits per heavy atom. The highest BCUT2D eigenvalue weighted by molar-refractivity contribution is 7.90. The first kappa shape index (κ1) is 47.8. The zero-order valence-corrected chi connectivity index (χ0v) is 38.7. The summed E-state index contributed by atoms with van der Waals surface area (Å²) >= 11 is 0. The van der Waals surface area contributed by atoms with Crippen LogP contribution in [-0.2, 0) is 50.7 Å². The van der Waals surface area contributed by atoms with Gasteiger partial charge in [-0.05, 0) is 104 Å². The number of hydrogen-bond acceptors (Lipinski definition) is 9. The minimum Gasteiger partial charge on any atom is -0.478 e. The Morgan fingerprint density at radius 2 is 0.956 bits per heavy atom. The second-order valence-corrected chi connectivity index (χ2v) is 20.1. The molecule has 0 radical (unpaired) electrons. The number of carbonyl (C=O) groups is 4. The second-order valence-electron chi connectivity index (χ2n) is 16.4. The molecule has 6 aromatic carbocycles. The van der Waals surface area contributed by atoms with Crippen LogP contribution in [0.15, 0.2) is 155 Å². The van der Waals surface area contributed by atoms with Crippen molar-refractivity contribution in [2.24, 2.45) is 0 Å². The average molecular weight is 949 g/mol. The number of carboxylic acids is 1. The molecule has 4 amide bonds. The molecule has 2 aliphatic heterocycles. The van der Waals surface area contributed by atoms with E-state index < -0.39 is 49.6 Å². The maximum absolute atomic E-state index is 13.3. The minimum absolute atomic E-state index is 0.0148. The molecule has 0 unspecified atom stereocenters. The lowest BCUT2D eigenvalue weighted by molar-refractivity contribution is 0.00690. The van der Waals surface area contributed by atoms with E-state index in [-0.39, 0.29) is 39.8 Å². The number of nitrogens with zero attached hydrogens (tertiary/aromatic N) is 2. The van der Waals surface area contributed by atoms with E-state index in [1.807, 2.05) is 60.7 Å². The van der Waals surface area contributed by atoms with Crippen molar-refractivity contribution in [1.29, 1.82) is 0 Å². The van der Waals surface area contributed by atoms with Crippen LogP contribution in [0, 0.1) is 23.7 Å². The molecule has 6 aromatic rings. The van der Waals surface area contributed by atoms with Crippen LogP contribution in [0.1, 0.15) is 74.9 Å². The van der Waals surface area contributed by atoms with Crippen molar-refractivity contribution in [1.82, 2.24) is 8.61 Å². The number of benzene rings is 6. The van der Waals surface area contributed by atoms with Crippen molar-refractivity contribution in [2.45, 2.75) is 62.1 Å². The Morgan fingerprint density at radius 3 is 1.34 bits per heavy atom. The normalized spacial score (nSPS) is 14.1. The standard InChI is InChI=1S/C28H26N2O5S.C24H18N2O5S/c1-28(2,3)35-26(31)23-15-12-22(13-16-23)19-30-27(32)29-24-17-14-21(18-25(24)36(30,33)34)11-7-10-20-8-5-4-6-9-20;27-23(28)20-12-9-19(10-13-20)16-26-24(29)25-21-14-11-18(15-22(21)32(26,30)31)8-4-7-17-5-2-1-3-6-17/h4-6,8-9,12-18H,10,19H2,1-3H3,(H,29,32);1-3,5-6,9-15H,7,16H2,(H,25,29)(H,27,28). The molecule has 0 fully saturated rings. The molecule has 0 saturated heterocycles. The molecule has 3 N–H and O–H groups in total. The van der Waals surface area contributed by atoms with E-state index in [1.165, 1.54) is 42.5 Å². The fourth-order valence-electron chi connectivity index (χ4n) is 6.81. The van der Waals surface area contributed by atoms with Crippen molar-refractivity contribution >= 4 is 55.4 Å². The Labute approximate surface area is 394 Å². The number of ether oxygens (including phenoxy) is 1. The van der Waals surface area contributed by atoms with Gasteiger partial charge in [0.15, 0.2) is 0 Å². The molecule has 0 spiro atoms. The van der Waals surface area contributed by atoms with Gasteiger partial charge in [0.1, 0.15) is 15.4 Å². The fraction of sp³-hybridized carbons (Fsp3) is 0.154. The Hall–Kier alpha value is -8.18. The number of amides is 4. The smallest absolute Gasteiger partial charge is 0.338 e. The predicted octanol–water partition coefficient (Wildman–Crippen LogP) is 8.69. The van der Waals surface area contributed by atoms with E-state index in [0.29, 0.717) is 40.7 Å². The van der Waals surface area contributed by atoms with Crippen LogP contribution < -0.4 is 10.6 Å². The molecule has 2 heterocycles. The summed E-state index contributed by atoms with van der Waals surface area (Å²) in [5.41, 5.74) is 4.38. The average Bonchev–Trinajstić information content (AvgIpc) is 3.30. The maximum Gasteiger partial charge on any atom is 0.338 e. The van der Waals surface area contributed by atoms with Crippen molar-refractivity contribution in [3.05, 3.63) is 190 Å². The van der Waals surface area contributed by atoms with Gasteiger partial charge < -0.3 is 20.5 Å². The number of fused-ring (bicyclic) bond motifs is 2. The molecule has 8 rings (SSSR count). The third kappa shape index (κ3) is 11.6. The lowest BCUT2D eigenvalue weighted by Gasteiger charge is -2.29. The Balaban J connectivity index is 0.000000203. The SMILES string of the molecule is CC(C)(C)OC(=O)c1ccc(CN2C(=O)Nc3ccc(C#CCc4ccccc4)cc3S2(=O)=O)cc1.O=C(O)c1ccc(CN2C(=O)Nc3ccc(C#CCc4ccccc4)cc3S2(=O)=O)cc1. The van der Waals surface area contributed by atoms with Gasteiger partial charge in [-0.25, -0.2) is 44.6 Å². The quantitative estimate of drug-likeness (QED) is 0.0981. The zero-order chi connectivity index (χ0) is 48.6. The third-order valence-corrected chi connectivity index (χ3v) is 13.8. The first-order valence-electron chi connectivity index (χ1n) is 21.0. The minimum atomic E-state index is -4.12. The molecular weight excluding hydrogens is 905 g/mol. The number of carbonyl (C=O) groups excluding carboxylic acids is 3. The maximum atomic E-state index is 13.3. The number of carboxylic acid groups (broad SMARTS) is 1. The van der Waals surface area contributed by atoms with Gasteiger partial charge in [0.25, 0.3) is 20.0 Å². The molecule has 0 aliphatic carbocycles. The van der Waals surface area contributed by atoms with E-state index in [1.54, 1.807) is 63.2 Å². The van der Waals surface area contributed by atoms with Crippen molar-refractivity contribution < 1.29 is 45.9 Å². The van der Waals surface area contributed by atoms with Gasteiger partial charge >= 0.3 is 24.0 Å². The summed E-state index contributed by atoms with van der Waals surface area (Å²) in [7, 11) is -8.24. The van der Waals surface area contributed by atoms with Crippen LogP contribution in [-0.4, -0.2) is 60.2 Å². The highest BCUT2D eigenvalue weighted by Gasteiger charge is 2.38. The topological polar surface area (TPSA) is 197 Å². The number of rotatable bonds is 8. The molecule has 68 heavy (non-hydrogen) atoms. The van der Waals surface area contributed by atoms with Gasteiger partial charge in [0, 0.05) is 24.0 Å². The number of hydrogen-bond donors (Lipinski definition) is 3. The fourth-order valence-corrected chi connectivity index (χ4v) is 9.80. The molecule has 0 saturated carbocycles. The molecule has 344 valence electrons. The van der Waals surface area contributed by atoms with E-state index >= 15 is 0 Å². The number of urea groups is 2. The zero-order valence-electron chi connectivity index (χ0n) is 37.0. The van der Waals surface area contributed by atoms with Crippen LogP contribution >= 0.6 is 0 Å². The largest absolute Gasteiger partial charge is 0.478 e. The van der Waals surface area contributed by atoms with Crippen molar-refractivity contribution in [2.75, 3.05) is 10.6 Å². The molecule has 0 atom stereocenters. The lowest BCUT2D eigenvalue weighted by atomic mass is 10.1. The van der Waals surface area contributed by atoms with Crippen LogP contribution in [0.4, 0.5) is 21.0 Å². The number of nitrogens with one attached hydrogen (secondary N) is 2. The summed E-state index contributed by atoms with van der Waals surface area (Å²) in [5.74, 6) is 10.5. The molecule has 16 heteroatoms. The lowest BCUT2D eigenvalue weighted by Crippen LogP contribution is -2.43. The number of esters is 1. The van der Waals surface area contributed by atoms with E-state index in [9.17, 15) is 36.0 Å². The molecule has 14 nitrogen and oxygen atoms in total.